The largest absolute Gasteiger partial charge is 0.508 e. The summed E-state index contributed by atoms with van der Waals surface area (Å²) in [5.41, 5.74) is 2.73. The van der Waals surface area contributed by atoms with Gasteiger partial charge in [0.15, 0.2) is 27.0 Å². The number of hydrogen-bond donors (Lipinski definition) is 5. The number of phenolic OH excluding ortho intramolecular Hbond substituents is 1. The van der Waals surface area contributed by atoms with Gasteiger partial charge in [-0.05, 0) is 70.3 Å². The molecular weight excluding hydrogens is 608 g/mol. The second kappa shape index (κ2) is 10.7. The van der Waals surface area contributed by atoms with Gasteiger partial charge in [0.1, 0.15) is 27.7 Å². The Morgan fingerprint density at radius 2 is 1.80 bits per heavy atom. The van der Waals surface area contributed by atoms with E-state index in [2.05, 4.69) is 5.16 Å². The number of primary amides is 1. The lowest BCUT2D eigenvalue weighted by molar-refractivity contribution is -0.153. The number of nitrogens with two attached hydrogens (primary N) is 1. The van der Waals surface area contributed by atoms with E-state index in [4.69, 9.17) is 10.3 Å². The number of rotatable bonds is 7. The topological polar surface area (TPSA) is 225 Å². The molecule has 1 fully saturated rings. The van der Waals surface area contributed by atoms with Crippen LogP contribution in [0.15, 0.2) is 32.4 Å². The fourth-order valence-corrected chi connectivity index (χ4v) is 8.86. The number of aliphatic hydroxyl groups is 3. The van der Waals surface area contributed by atoms with E-state index in [1.54, 1.807) is 25.1 Å². The molecule has 1 aromatic heterocycles. The number of ketones is 2. The molecule has 3 aliphatic carbocycles. The molecule has 0 spiro atoms. The number of aromatic nitrogens is 1. The molecule has 0 bridgehead atoms. The van der Waals surface area contributed by atoms with Gasteiger partial charge >= 0.3 is 0 Å². The number of phenols is 1. The van der Waals surface area contributed by atoms with Crippen LogP contribution in [0.1, 0.15) is 34.6 Å². The van der Waals surface area contributed by atoms with Crippen molar-refractivity contribution >= 4 is 38.8 Å². The second-order valence-corrected chi connectivity index (χ2v) is 14.4. The van der Waals surface area contributed by atoms with E-state index in [0.29, 0.717) is 11.3 Å². The molecule has 1 aromatic carbocycles. The highest BCUT2D eigenvalue weighted by Crippen LogP contribution is 2.54. The normalized spacial score (nSPS) is 24.9. The van der Waals surface area contributed by atoms with Crippen molar-refractivity contribution in [3.8, 4) is 5.75 Å². The van der Waals surface area contributed by atoms with E-state index in [1.807, 2.05) is 0 Å². The fraction of sp³-hybridized carbons (Fsp3) is 0.467. The first-order valence-electron chi connectivity index (χ1n) is 14.2. The van der Waals surface area contributed by atoms with Crippen LogP contribution in [-0.4, -0.2) is 102 Å². The van der Waals surface area contributed by atoms with E-state index >= 15 is 0 Å². The molecular formula is C30H36N4O10S. The number of carbonyl (C=O) groups is 3. The number of hydrogen-bond acceptors (Lipinski definition) is 13. The van der Waals surface area contributed by atoms with Gasteiger partial charge < -0.3 is 35.6 Å². The number of aromatic hydroxyl groups is 1. The van der Waals surface area contributed by atoms with Crippen LogP contribution in [0, 0.1) is 25.7 Å². The molecule has 4 atom stereocenters. The lowest BCUT2D eigenvalue weighted by atomic mass is 9.57. The van der Waals surface area contributed by atoms with Crippen molar-refractivity contribution in [3.05, 3.63) is 51.1 Å². The number of Topliss-reactive ketones (excluding diaryl/α,β-unsaturated/α-hetero) is 2. The molecule has 1 saturated carbocycles. The van der Waals surface area contributed by atoms with Gasteiger partial charge in [-0.2, -0.15) is 0 Å². The summed E-state index contributed by atoms with van der Waals surface area (Å²) in [5, 5.41) is 49.7. The standard InChI is InChI=1S/C30H36N4O10S/c1-12-26(13(2)44-32-12)45(42,43)8-7-14-11-18(33(3)4)16-9-15-10-17-22(34(5)6)25(37)21(29(31)40)28(39)30(17,41)27(38)19(15)24(36)20(16)23(14)35/h11,15,17,22,35-36,39,41H,7-10H2,1-6H3,(H2,31,40)/t15-,17+,22-,30-/m1/s1. The van der Waals surface area contributed by atoms with Gasteiger partial charge in [0.2, 0.25) is 5.78 Å². The van der Waals surface area contributed by atoms with Gasteiger partial charge in [0, 0.05) is 31.3 Å². The summed E-state index contributed by atoms with van der Waals surface area (Å²) in [6, 6.07) is 0.433. The summed E-state index contributed by atoms with van der Waals surface area (Å²) < 4.78 is 31.4. The van der Waals surface area contributed by atoms with Crippen LogP contribution in [0.2, 0.25) is 0 Å². The number of carbonyl (C=O) groups excluding carboxylic acids is 3. The number of sulfone groups is 1. The molecule has 5 rings (SSSR count). The van der Waals surface area contributed by atoms with E-state index in [0.717, 1.165) is 0 Å². The second-order valence-electron chi connectivity index (χ2n) is 12.3. The number of amides is 1. The predicted octanol–water partition coefficient (Wildman–Crippen LogP) is 0.651. The van der Waals surface area contributed by atoms with Gasteiger partial charge in [-0.1, -0.05) is 5.16 Å². The quantitative estimate of drug-likeness (QED) is 0.261. The van der Waals surface area contributed by atoms with Crippen LogP contribution in [0.5, 0.6) is 5.75 Å². The average molecular weight is 645 g/mol. The number of aliphatic hydroxyl groups excluding tert-OH is 2. The van der Waals surface area contributed by atoms with Gasteiger partial charge in [0.25, 0.3) is 5.91 Å². The smallest absolute Gasteiger partial charge is 0.255 e. The Kier molecular flexibility index (Phi) is 7.66. The first-order chi connectivity index (χ1) is 20.9. The number of aryl methyl sites for hydroxylation is 3. The number of fused-ring (bicyclic) bond motifs is 3. The van der Waals surface area contributed by atoms with Gasteiger partial charge in [-0.15, -0.1) is 0 Å². The fourth-order valence-electron chi connectivity index (χ4n) is 7.20. The summed E-state index contributed by atoms with van der Waals surface area (Å²) in [6.45, 7) is 2.99. The molecule has 45 heavy (non-hydrogen) atoms. The summed E-state index contributed by atoms with van der Waals surface area (Å²) in [5.74, 6) is -7.77. The molecule has 3 aliphatic rings. The van der Waals surface area contributed by atoms with Crippen molar-refractivity contribution in [3.63, 3.8) is 0 Å². The molecule has 6 N–H and O–H groups in total. The maximum Gasteiger partial charge on any atom is 0.255 e. The third-order valence-corrected chi connectivity index (χ3v) is 11.1. The first-order valence-corrected chi connectivity index (χ1v) is 15.9. The van der Waals surface area contributed by atoms with Gasteiger partial charge in [-0.3, -0.25) is 19.3 Å². The monoisotopic (exact) mass is 644 g/mol. The number of nitrogens with zero attached hydrogens (tertiary/aromatic N) is 3. The zero-order chi connectivity index (χ0) is 33.5. The van der Waals surface area contributed by atoms with Crippen LogP contribution in [0.4, 0.5) is 5.69 Å². The Balaban J connectivity index is 1.66. The van der Waals surface area contributed by atoms with Crippen LogP contribution >= 0.6 is 0 Å². The lowest BCUT2D eigenvalue weighted by Crippen LogP contribution is -2.65. The molecule has 1 heterocycles. The van der Waals surface area contributed by atoms with E-state index in [-0.39, 0.29) is 52.3 Å². The molecule has 1 amide bonds. The van der Waals surface area contributed by atoms with E-state index in [9.17, 15) is 43.2 Å². The molecule has 0 unspecified atom stereocenters. The van der Waals surface area contributed by atoms with E-state index < -0.39 is 79.4 Å². The Bertz CT molecular complexity index is 1820. The van der Waals surface area contributed by atoms with Crippen molar-refractivity contribution in [2.45, 2.75) is 49.6 Å². The maximum atomic E-state index is 14.1. The third kappa shape index (κ3) is 4.63. The highest BCUT2D eigenvalue weighted by Gasteiger charge is 2.64. The molecule has 0 saturated heterocycles. The van der Waals surface area contributed by atoms with Crippen LogP contribution in [0.25, 0.3) is 5.76 Å². The molecule has 15 heteroatoms. The third-order valence-electron chi connectivity index (χ3n) is 9.18. The first kappa shape index (κ1) is 32.2. The molecule has 0 radical (unpaired) electrons. The molecule has 14 nitrogen and oxygen atoms in total. The van der Waals surface area contributed by atoms with Crippen LogP contribution in [-0.2, 0) is 37.1 Å². The Hall–Kier alpha value is -4.21. The summed E-state index contributed by atoms with van der Waals surface area (Å²) in [6.07, 6.45) is -0.111. The van der Waals surface area contributed by atoms with Crippen molar-refractivity contribution in [1.29, 1.82) is 0 Å². The molecule has 0 aliphatic heterocycles. The Labute approximate surface area is 259 Å². The van der Waals surface area contributed by atoms with Crippen molar-refractivity contribution < 1.29 is 47.8 Å². The van der Waals surface area contributed by atoms with Crippen molar-refractivity contribution in [2.24, 2.45) is 17.6 Å². The summed E-state index contributed by atoms with van der Waals surface area (Å²) in [4.78, 5) is 42.7. The minimum atomic E-state index is -3.89. The van der Waals surface area contributed by atoms with E-state index in [1.165, 1.54) is 32.8 Å². The minimum absolute atomic E-state index is 0.0404. The predicted molar refractivity (Wildman–Crippen MR) is 160 cm³/mol. The Morgan fingerprint density at radius 1 is 1.16 bits per heavy atom. The molecule has 242 valence electrons. The van der Waals surface area contributed by atoms with Gasteiger partial charge in [0.05, 0.1) is 23.1 Å². The molecule has 2 aromatic rings. The maximum absolute atomic E-state index is 14.1. The van der Waals surface area contributed by atoms with Crippen LogP contribution in [0.3, 0.4) is 0 Å². The highest BCUT2D eigenvalue weighted by molar-refractivity contribution is 7.91. The summed E-state index contributed by atoms with van der Waals surface area (Å²) >= 11 is 0. The zero-order valence-electron chi connectivity index (χ0n) is 25.7. The average Bonchev–Trinajstić information content (AvgIpc) is 3.28. The van der Waals surface area contributed by atoms with Crippen molar-refractivity contribution in [2.75, 3.05) is 38.8 Å². The SMILES string of the molecule is Cc1noc(C)c1S(=O)(=O)CCc1cc(N(C)C)c2c(c1O)C(O)=C1C(=O)[C@@]3(O)C(O)=C(C(N)=O)C(=O)[C@H](N(C)C)[C@@H]3C[C@H]1C2. The number of benzene rings is 1. The minimum Gasteiger partial charge on any atom is -0.508 e. The van der Waals surface area contributed by atoms with Gasteiger partial charge in [-0.25, -0.2) is 8.42 Å². The Morgan fingerprint density at radius 3 is 2.33 bits per heavy atom. The summed E-state index contributed by atoms with van der Waals surface area (Å²) in [7, 11) is 2.63. The van der Waals surface area contributed by atoms with Crippen LogP contribution < -0.4 is 10.6 Å². The lowest BCUT2D eigenvalue weighted by Gasteiger charge is -2.50. The number of anilines is 1. The van der Waals surface area contributed by atoms with Crippen molar-refractivity contribution in [1.82, 2.24) is 10.1 Å². The zero-order valence-corrected chi connectivity index (χ0v) is 26.5. The number of likely N-dealkylation sites (N-methyl/N-ethyl adjacent to an activating group) is 1. The highest BCUT2D eigenvalue weighted by atomic mass is 32.2.